The zero-order valence-electron chi connectivity index (χ0n) is 9.91. The molecule has 0 aromatic heterocycles. The second-order valence-electron chi connectivity index (χ2n) is 4.06. The Morgan fingerprint density at radius 2 is 1.56 bits per heavy atom. The number of hydrogen-bond acceptors (Lipinski definition) is 0. The van der Waals surface area contributed by atoms with Crippen LogP contribution in [0.4, 0.5) is 8.78 Å². The molecule has 0 bridgehead atoms. The van der Waals surface area contributed by atoms with E-state index in [0.29, 0.717) is 8.76 Å². The minimum Gasteiger partial charge on any atom is -0.207 e. The molecule has 1 rings (SSSR count). The summed E-state index contributed by atoms with van der Waals surface area (Å²) in [5.41, 5.74) is 0. The normalized spacial score (nSPS) is 11.9. The van der Waals surface area contributed by atoms with Crippen LogP contribution in [-0.2, 0) is 0 Å². The van der Waals surface area contributed by atoms with Crippen molar-refractivity contribution in [3.8, 4) is 0 Å². The number of benzene rings is 1. The topological polar surface area (TPSA) is 0 Å². The molecule has 0 spiro atoms. The molecule has 0 unspecified atom stereocenters. The van der Waals surface area contributed by atoms with Crippen LogP contribution in [0.1, 0.15) is 20.8 Å². The van der Waals surface area contributed by atoms with E-state index in [4.69, 9.17) is 0 Å². The zero-order chi connectivity index (χ0) is 12.3. The van der Waals surface area contributed by atoms with Gasteiger partial charge in [-0.15, -0.1) is 0 Å². The predicted molar refractivity (Wildman–Crippen MR) is 75.9 cm³/mol. The van der Waals surface area contributed by atoms with E-state index in [2.05, 4.69) is 20.8 Å². The lowest BCUT2D eigenvalue weighted by Gasteiger charge is -2.29. The molecule has 90 valence electrons. The van der Waals surface area contributed by atoms with E-state index in [9.17, 15) is 8.78 Å². The molecule has 0 aliphatic heterocycles. The summed E-state index contributed by atoms with van der Waals surface area (Å²) >= 11 is 1.94. The molecule has 0 radical (unpaired) electrons. The standard InChI is InChI=1S/C12H17F2ISi/c1-4-16(5-2,6-3)12-9(13)7-8-10(15)11(12)14/h7-8H,4-6H2,1-3H3. The average molecular weight is 354 g/mol. The summed E-state index contributed by atoms with van der Waals surface area (Å²) in [5, 5.41) is 0.409. The van der Waals surface area contributed by atoms with Crippen LogP contribution in [0, 0.1) is 15.2 Å². The van der Waals surface area contributed by atoms with Crippen LogP contribution in [0.25, 0.3) is 0 Å². The van der Waals surface area contributed by atoms with Crippen molar-refractivity contribution in [1.29, 1.82) is 0 Å². The van der Waals surface area contributed by atoms with Crippen molar-refractivity contribution in [3.05, 3.63) is 27.3 Å². The van der Waals surface area contributed by atoms with Gasteiger partial charge in [0.15, 0.2) is 0 Å². The first-order valence-corrected chi connectivity index (χ1v) is 9.36. The summed E-state index contributed by atoms with van der Waals surface area (Å²) in [5.74, 6) is -0.673. The molecule has 0 atom stereocenters. The molecule has 1 aromatic carbocycles. The fraction of sp³-hybridized carbons (Fsp3) is 0.500. The summed E-state index contributed by atoms with van der Waals surface area (Å²) in [7, 11) is -1.97. The van der Waals surface area contributed by atoms with Crippen molar-refractivity contribution in [2.75, 3.05) is 0 Å². The molecular weight excluding hydrogens is 337 g/mol. The maximum atomic E-state index is 14.1. The third kappa shape index (κ3) is 2.32. The van der Waals surface area contributed by atoms with Gasteiger partial charge < -0.3 is 0 Å². The van der Waals surface area contributed by atoms with E-state index in [-0.39, 0.29) is 11.6 Å². The monoisotopic (exact) mass is 354 g/mol. The van der Waals surface area contributed by atoms with Gasteiger partial charge in [0.25, 0.3) is 0 Å². The summed E-state index contributed by atoms with van der Waals surface area (Å²) in [6.07, 6.45) is 0. The second kappa shape index (κ2) is 5.58. The van der Waals surface area contributed by atoms with Gasteiger partial charge in [0.1, 0.15) is 11.6 Å². The molecule has 0 aliphatic carbocycles. The van der Waals surface area contributed by atoms with Crippen molar-refractivity contribution in [2.45, 2.75) is 38.9 Å². The molecule has 0 saturated carbocycles. The molecule has 0 N–H and O–H groups in total. The highest BCUT2D eigenvalue weighted by molar-refractivity contribution is 14.1. The van der Waals surface area contributed by atoms with Gasteiger partial charge in [0, 0.05) is 8.76 Å². The van der Waals surface area contributed by atoms with E-state index >= 15 is 0 Å². The Labute approximate surface area is 111 Å². The Hall–Kier alpha value is 0.0269. The molecule has 0 heterocycles. The SMILES string of the molecule is CC[Si](CC)(CC)c1c(F)ccc(I)c1F. The van der Waals surface area contributed by atoms with Crippen molar-refractivity contribution in [1.82, 2.24) is 0 Å². The largest absolute Gasteiger partial charge is 0.207 e. The van der Waals surface area contributed by atoms with Gasteiger partial charge in [-0.3, -0.25) is 0 Å². The van der Waals surface area contributed by atoms with E-state index in [1.54, 1.807) is 0 Å². The van der Waals surface area contributed by atoms with Gasteiger partial charge in [-0.1, -0.05) is 38.9 Å². The lowest BCUT2D eigenvalue weighted by atomic mass is 10.3. The molecule has 0 amide bonds. The molecule has 1 aromatic rings. The number of halogens is 3. The Morgan fingerprint density at radius 1 is 1.06 bits per heavy atom. The fourth-order valence-electron chi connectivity index (χ4n) is 2.29. The van der Waals surface area contributed by atoms with Gasteiger partial charge in [-0.05, 0) is 34.7 Å². The summed E-state index contributed by atoms with van der Waals surface area (Å²) in [6.45, 7) is 6.16. The van der Waals surface area contributed by atoms with Gasteiger partial charge in [0.05, 0.1) is 8.07 Å². The molecular formula is C12H17F2ISi. The van der Waals surface area contributed by atoms with Crippen molar-refractivity contribution in [3.63, 3.8) is 0 Å². The Morgan fingerprint density at radius 3 is 2.00 bits per heavy atom. The van der Waals surface area contributed by atoms with Crippen molar-refractivity contribution < 1.29 is 8.78 Å². The van der Waals surface area contributed by atoms with Gasteiger partial charge in [-0.2, -0.15) is 0 Å². The van der Waals surface area contributed by atoms with Crippen LogP contribution in [0.15, 0.2) is 12.1 Å². The van der Waals surface area contributed by atoms with E-state index in [1.807, 2.05) is 22.6 Å². The van der Waals surface area contributed by atoms with E-state index in [0.717, 1.165) is 18.1 Å². The molecule has 0 nitrogen and oxygen atoms in total. The van der Waals surface area contributed by atoms with Crippen molar-refractivity contribution >= 4 is 35.9 Å². The zero-order valence-corrected chi connectivity index (χ0v) is 13.1. The molecule has 0 fully saturated rings. The van der Waals surface area contributed by atoms with Gasteiger partial charge in [-0.25, -0.2) is 8.78 Å². The Bertz CT molecular complexity index is 367. The first-order valence-electron chi connectivity index (χ1n) is 5.66. The smallest absolute Gasteiger partial charge is 0.138 e. The third-order valence-corrected chi connectivity index (χ3v) is 10.0. The van der Waals surface area contributed by atoms with Crippen LogP contribution in [0.3, 0.4) is 0 Å². The van der Waals surface area contributed by atoms with Gasteiger partial charge >= 0.3 is 0 Å². The Kier molecular flexibility index (Phi) is 4.91. The molecule has 4 heteroatoms. The summed E-state index contributed by atoms with van der Waals surface area (Å²) < 4.78 is 28.5. The summed E-state index contributed by atoms with van der Waals surface area (Å²) in [6, 6.07) is 5.60. The quantitative estimate of drug-likeness (QED) is 0.430. The highest BCUT2D eigenvalue weighted by Crippen LogP contribution is 2.24. The van der Waals surface area contributed by atoms with Crippen molar-refractivity contribution in [2.24, 2.45) is 0 Å². The molecule has 0 saturated heterocycles. The van der Waals surface area contributed by atoms with Crippen LogP contribution in [0.2, 0.25) is 18.1 Å². The third-order valence-electron chi connectivity index (χ3n) is 3.60. The first kappa shape index (κ1) is 14.1. The van der Waals surface area contributed by atoms with Crippen LogP contribution in [0.5, 0.6) is 0 Å². The lowest BCUT2D eigenvalue weighted by Crippen LogP contribution is -2.49. The van der Waals surface area contributed by atoms with Gasteiger partial charge in [0.2, 0.25) is 0 Å². The van der Waals surface area contributed by atoms with Crippen LogP contribution >= 0.6 is 22.6 Å². The average Bonchev–Trinajstić information content (AvgIpc) is 2.30. The maximum Gasteiger partial charge on any atom is 0.138 e. The first-order chi connectivity index (χ1) is 7.52. The molecule has 0 aliphatic rings. The number of hydrogen-bond donors (Lipinski definition) is 0. The van der Waals surface area contributed by atoms with E-state index in [1.165, 1.54) is 12.1 Å². The second-order valence-corrected chi connectivity index (χ2v) is 10.4. The van der Waals surface area contributed by atoms with Crippen LogP contribution < -0.4 is 5.19 Å². The summed E-state index contributed by atoms with van der Waals surface area (Å²) in [4.78, 5) is 0. The lowest BCUT2D eigenvalue weighted by molar-refractivity contribution is 0.590. The highest BCUT2D eigenvalue weighted by atomic mass is 127. The minimum absolute atomic E-state index is 0.321. The predicted octanol–water partition coefficient (Wildman–Crippen LogP) is 4.28. The minimum atomic E-state index is -1.97. The maximum absolute atomic E-state index is 14.1. The molecule has 16 heavy (non-hydrogen) atoms. The van der Waals surface area contributed by atoms with E-state index < -0.39 is 8.07 Å². The van der Waals surface area contributed by atoms with Crippen LogP contribution in [-0.4, -0.2) is 8.07 Å². The fourth-order valence-corrected chi connectivity index (χ4v) is 6.75. The number of rotatable bonds is 4. The Balaban J connectivity index is 3.45. The highest BCUT2D eigenvalue weighted by Gasteiger charge is 2.35.